The van der Waals surface area contributed by atoms with Gasteiger partial charge >= 0.3 is 5.97 Å². The zero-order valence-corrected chi connectivity index (χ0v) is 19.8. The molecule has 2 N–H and O–H groups in total. The van der Waals surface area contributed by atoms with E-state index in [1.807, 2.05) is 10.6 Å². The molecule has 8 nitrogen and oxygen atoms in total. The second-order valence-corrected chi connectivity index (χ2v) is 9.73. The Balaban J connectivity index is 1.66. The number of hydrogen-bond acceptors (Lipinski definition) is 5. The predicted octanol–water partition coefficient (Wildman–Crippen LogP) is 4.81. The van der Waals surface area contributed by atoms with Gasteiger partial charge in [-0.25, -0.2) is 18.6 Å². The van der Waals surface area contributed by atoms with Gasteiger partial charge in [0, 0.05) is 54.6 Å². The van der Waals surface area contributed by atoms with E-state index in [-0.39, 0.29) is 11.8 Å². The fraction of sp³-hybridized carbons (Fsp3) is 0.423. The Hall–Kier alpha value is -3.37. The fourth-order valence-electron chi connectivity index (χ4n) is 6.01. The molecule has 2 fully saturated rings. The number of aromatic amines is 1. The second kappa shape index (κ2) is 8.63. The molecule has 0 amide bonds. The summed E-state index contributed by atoms with van der Waals surface area (Å²) in [6.45, 7) is 1.17. The number of nitrogens with one attached hydrogen (secondary N) is 1. The Labute approximate surface area is 205 Å². The molecule has 1 saturated carbocycles. The van der Waals surface area contributed by atoms with Crippen LogP contribution in [0.25, 0.3) is 27.8 Å². The van der Waals surface area contributed by atoms with Gasteiger partial charge in [0.05, 0.1) is 17.2 Å². The summed E-state index contributed by atoms with van der Waals surface area (Å²) in [5.74, 6) is -2.89. The number of ether oxygens (including phenoxy) is 2. The van der Waals surface area contributed by atoms with Crippen molar-refractivity contribution in [2.75, 3.05) is 20.3 Å². The van der Waals surface area contributed by atoms with Crippen LogP contribution in [0.15, 0.2) is 30.5 Å². The lowest BCUT2D eigenvalue weighted by atomic mass is 9.86. The van der Waals surface area contributed by atoms with Crippen LogP contribution >= 0.6 is 0 Å². The number of nitrogens with zero attached hydrogens (tertiary/aromatic N) is 3. The van der Waals surface area contributed by atoms with Crippen LogP contribution in [0.4, 0.5) is 8.78 Å². The van der Waals surface area contributed by atoms with Crippen LogP contribution < -0.4 is 0 Å². The minimum absolute atomic E-state index is 0.0786. The Morgan fingerprint density at radius 1 is 1.19 bits per heavy atom. The number of aliphatic carboxylic acids is 1. The van der Waals surface area contributed by atoms with Crippen LogP contribution in [0.1, 0.15) is 55.2 Å². The quantitative estimate of drug-likeness (QED) is 0.411. The lowest BCUT2D eigenvalue weighted by molar-refractivity contribution is -0.161. The van der Waals surface area contributed by atoms with Crippen molar-refractivity contribution >= 4 is 28.0 Å². The highest BCUT2D eigenvalue weighted by molar-refractivity contribution is 5.94. The van der Waals surface area contributed by atoms with Crippen LogP contribution in [0.2, 0.25) is 0 Å². The molecule has 0 bridgehead atoms. The summed E-state index contributed by atoms with van der Waals surface area (Å²) >= 11 is 0. The highest BCUT2D eigenvalue weighted by Crippen LogP contribution is 2.50. The van der Waals surface area contributed by atoms with E-state index in [4.69, 9.17) is 14.5 Å². The molecular weight excluding hydrogens is 470 g/mol. The largest absolute Gasteiger partial charge is 0.479 e. The van der Waals surface area contributed by atoms with Crippen molar-refractivity contribution in [3.8, 4) is 5.69 Å². The molecule has 10 heteroatoms. The molecule has 2 aliphatic rings. The Kier molecular flexibility index (Phi) is 5.53. The average molecular weight is 497 g/mol. The van der Waals surface area contributed by atoms with Crippen LogP contribution in [-0.2, 0) is 14.3 Å². The second-order valence-electron chi connectivity index (χ2n) is 9.73. The van der Waals surface area contributed by atoms with Gasteiger partial charge in [0.25, 0.3) is 0 Å². The number of benzene rings is 1. The van der Waals surface area contributed by atoms with Crippen molar-refractivity contribution in [2.45, 2.75) is 49.5 Å². The molecule has 1 saturated heterocycles. The molecule has 1 aromatic carbocycles. The first-order valence-corrected chi connectivity index (χ1v) is 12.1. The van der Waals surface area contributed by atoms with Crippen molar-refractivity contribution in [1.29, 1.82) is 0 Å². The third-order valence-corrected chi connectivity index (χ3v) is 7.85. The van der Waals surface area contributed by atoms with Crippen molar-refractivity contribution in [1.82, 2.24) is 19.7 Å². The van der Waals surface area contributed by atoms with Gasteiger partial charge in [0.2, 0.25) is 0 Å². The summed E-state index contributed by atoms with van der Waals surface area (Å²) in [7, 11) is 1.44. The van der Waals surface area contributed by atoms with E-state index < -0.39 is 23.2 Å². The van der Waals surface area contributed by atoms with Gasteiger partial charge in [0.15, 0.2) is 22.9 Å². The first-order valence-electron chi connectivity index (χ1n) is 12.1. The van der Waals surface area contributed by atoms with Gasteiger partial charge in [-0.3, -0.25) is 5.10 Å². The van der Waals surface area contributed by atoms with E-state index in [2.05, 4.69) is 10.2 Å². The number of methoxy groups -OCH3 is 1. The van der Waals surface area contributed by atoms with Crippen molar-refractivity contribution in [3.05, 3.63) is 53.4 Å². The first-order chi connectivity index (χ1) is 17.4. The van der Waals surface area contributed by atoms with Crippen molar-refractivity contribution < 1.29 is 28.2 Å². The number of fused-ring (bicyclic) bond motifs is 2. The molecule has 2 atom stereocenters. The summed E-state index contributed by atoms with van der Waals surface area (Å²) in [6.07, 6.45) is 4.47. The van der Waals surface area contributed by atoms with Crippen LogP contribution in [0.3, 0.4) is 0 Å². The molecule has 188 valence electrons. The predicted molar refractivity (Wildman–Crippen MR) is 127 cm³/mol. The number of aromatic nitrogens is 4. The molecule has 1 aliphatic carbocycles. The molecule has 36 heavy (non-hydrogen) atoms. The SMILES string of the molecule is CO[C@@]1(C(=O)O)CC[C@@H](c2c(C3CCOCC3)n(-c3ccc(F)c(F)c3)c3cc4cn[nH]c4nc23)C1. The molecule has 0 radical (unpaired) electrons. The lowest BCUT2D eigenvalue weighted by Gasteiger charge is -2.27. The number of carboxylic acid groups (broad SMARTS) is 1. The lowest BCUT2D eigenvalue weighted by Crippen LogP contribution is -2.37. The van der Waals surface area contributed by atoms with E-state index in [0.717, 1.165) is 41.1 Å². The normalized spacial score (nSPS) is 23.1. The molecular formula is C26H26F2N4O4. The standard InChI is InChI=1S/C26H26F2N4O4/c1-35-26(25(33)34)7-4-15(12-26)21-22-20(10-16-13-29-31-24(16)30-22)32(17-2-3-18(27)19(28)11-17)23(21)14-5-8-36-9-6-14/h2-3,10-11,13-15H,4-9,12H2,1H3,(H,33,34)(H,29,30,31)/t15-,26+/m1/s1. The average Bonchev–Trinajstić information content (AvgIpc) is 3.60. The molecule has 6 rings (SSSR count). The third kappa shape index (κ3) is 3.50. The molecule has 3 aromatic heterocycles. The topological polar surface area (TPSA) is 102 Å². The van der Waals surface area contributed by atoms with Gasteiger partial charge in [-0.1, -0.05) is 0 Å². The van der Waals surface area contributed by atoms with E-state index in [1.54, 1.807) is 12.3 Å². The summed E-state index contributed by atoms with van der Waals surface area (Å²) < 4.78 is 41.5. The monoisotopic (exact) mass is 496 g/mol. The number of carboxylic acids is 1. The summed E-state index contributed by atoms with van der Waals surface area (Å²) in [5.41, 5.74) is 3.18. The van der Waals surface area contributed by atoms with Gasteiger partial charge in [0.1, 0.15) is 0 Å². The highest BCUT2D eigenvalue weighted by Gasteiger charge is 2.48. The summed E-state index contributed by atoms with van der Waals surface area (Å²) in [6, 6.07) is 5.84. The van der Waals surface area contributed by atoms with Gasteiger partial charge < -0.3 is 19.1 Å². The summed E-state index contributed by atoms with van der Waals surface area (Å²) in [4.78, 5) is 17.1. The molecule has 0 unspecified atom stereocenters. The minimum atomic E-state index is -1.27. The van der Waals surface area contributed by atoms with Gasteiger partial charge in [-0.2, -0.15) is 5.10 Å². The number of carbonyl (C=O) groups is 1. The Morgan fingerprint density at radius 3 is 2.69 bits per heavy atom. The highest BCUT2D eigenvalue weighted by atomic mass is 19.2. The van der Waals surface area contributed by atoms with Crippen molar-refractivity contribution in [2.24, 2.45) is 0 Å². The van der Waals surface area contributed by atoms with Gasteiger partial charge in [-0.05, 0) is 56.2 Å². The number of hydrogen-bond donors (Lipinski definition) is 2. The van der Waals surface area contributed by atoms with Gasteiger partial charge in [-0.15, -0.1) is 0 Å². The number of H-pyrrole nitrogens is 1. The fourth-order valence-corrected chi connectivity index (χ4v) is 6.01. The van der Waals surface area contributed by atoms with E-state index >= 15 is 0 Å². The number of pyridine rings is 1. The van der Waals surface area contributed by atoms with E-state index in [1.165, 1.54) is 13.2 Å². The maximum absolute atomic E-state index is 14.5. The van der Waals surface area contributed by atoms with E-state index in [0.29, 0.717) is 49.3 Å². The summed E-state index contributed by atoms with van der Waals surface area (Å²) in [5, 5.41) is 17.8. The third-order valence-electron chi connectivity index (χ3n) is 7.85. The molecule has 1 aliphatic heterocycles. The Morgan fingerprint density at radius 2 is 2.00 bits per heavy atom. The zero-order valence-electron chi connectivity index (χ0n) is 19.8. The van der Waals surface area contributed by atoms with E-state index in [9.17, 15) is 18.7 Å². The number of rotatable bonds is 5. The molecule has 0 spiro atoms. The maximum Gasteiger partial charge on any atom is 0.335 e. The minimum Gasteiger partial charge on any atom is -0.479 e. The smallest absolute Gasteiger partial charge is 0.335 e. The number of halogens is 2. The molecule has 4 aromatic rings. The van der Waals surface area contributed by atoms with Crippen LogP contribution in [0.5, 0.6) is 0 Å². The zero-order chi connectivity index (χ0) is 25.0. The maximum atomic E-state index is 14.5. The Bertz CT molecular complexity index is 1480. The first kappa shape index (κ1) is 23.1. The van der Waals surface area contributed by atoms with Crippen LogP contribution in [0, 0.1) is 11.6 Å². The molecule has 4 heterocycles. The van der Waals surface area contributed by atoms with Crippen LogP contribution in [-0.4, -0.2) is 56.7 Å². The van der Waals surface area contributed by atoms with Crippen molar-refractivity contribution in [3.63, 3.8) is 0 Å².